The molecule has 0 aromatic carbocycles. The Bertz CT molecular complexity index is 542. The van der Waals surface area contributed by atoms with E-state index in [1.165, 1.54) is 32.1 Å². The van der Waals surface area contributed by atoms with Crippen molar-refractivity contribution >= 4 is 35.8 Å². The molecule has 2 rings (SSSR count). The quantitative estimate of drug-likeness (QED) is 0.237. The van der Waals surface area contributed by atoms with E-state index in [1.807, 2.05) is 0 Å². The van der Waals surface area contributed by atoms with Gasteiger partial charge in [0.25, 0.3) is 5.91 Å². The molecule has 142 valence electrons. The smallest absolute Gasteiger partial charge is 0.284 e. The third-order valence-electron chi connectivity index (χ3n) is 4.08. The molecule has 4 N–H and O–H groups in total. The van der Waals surface area contributed by atoms with Crippen molar-refractivity contribution in [3.63, 3.8) is 0 Å². The highest BCUT2D eigenvalue weighted by Gasteiger charge is 2.13. The Labute approximate surface area is 166 Å². The van der Waals surface area contributed by atoms with E-state index in [4.69, 9.17) is 14.9 Å². The molecule has 1 aromatic rings. The average molecular weight is 464 g/mol. The summed E-state index contributed by atoms with van der Waals surface area (Å²) in [7, 11) is 1.71. The van der Waals surface area contributed by atoms with Gasteiger partial charge in [0.1, 0.15) is 5.76 Å². The van der Waals surface area contributed by atoms with E-state index in [0.29, 0.717) is 24.4 Å². The normalized spacial score (nSPS) is 15.5. The van der Waals surface area contributed by atoms with E-state index in [-0.39, 0.29) is 29.7 Å². The second kappa shape index (κ2) is 12.1. The standard InChI is InChI=1S/C17H28N4O3.HI/c1-19-17(21-12-14-8-9-15(24-14)16(18)22)20-10-5-11-23-13-6-3-2-4-7-13;/h8-9,13H,2-7,10-12H2,1H3,(H2,18,22)(H2,19,20,21);1H. The van der Waals surface area contributed by atoms with Gasteiger partial charge in [-0.05, 0) is 31.4 Å². The van der Waals surface area contributed by atoms with Crippen molar-refractivity contribution in [2.75, 3.05) is 20.2 Å². The molecule has 0 radical (unpaired) electrons. The zero-order chi connectivity index (χ0) is 17.2. The van der Waals surface area contributed by atoms with Gasteiger partial charge in [-0.25, -0.2) is 0 Å². The van der Waals surface area contributed by atoms with E-state index < -0.39 is 5.91 Å². The first-order valence-corrected chi connectivity index (χ1v) is 8.63. The average Bonchev–Trinajstić information content (AvgIpc) is 3.07. The number of halogens is 1. The molecule has 1 aliphatic rings. The zero-order valence-electron chi connectivity index (χ0n) is 14.8. The topological polar surface area (TPSA) is 102 Å². The van der Waals surface area contributed by atoms with Crippen LogP contribution in [0, 0.1) is 0 Å². The van der Waals surface area contributed by atoms with Gasteiger partial charge in [-0.1, -0.05) is 19.3 Å². The number of primary amides is 1. The van der Waals surface area contributed by atoms with E-state index in [2.05, 4.69) is 15.6 Å². The summed E-state index contributed by atoms with van der Waals surface area (Å²) in [6.45, 7) is 2.00. The third kappa shape index (κ3) is 8.08. The largest absolute Gasteiger partial charge is 0.454 e. The zero-order valence-corrected chi connectivity index (χ0v) is 17.1. The van der Waals surface area contributed by atoms with Crippen LogP contribution < -0.4 is 16.4 Å². The molecule has 0 saturated heterocycles. The Morgan fingerprint density at radius 1 is 1.32 bits per heavy atom. The summed E-state index contributed by atoms with van der Waals surface area (Å²) in [6.07, 6.45) is 7.73. The molecule has 8 heteroatoms. The van der Waals surface area contributed by atoms with Crippen LogP contribution in [0.4, 0.5) is 0 Å². The van der Waals surface area contributed by atoms with Gasteiger partial charge < -0.3 is 25.5 Å². The Hall–Kier alpha value is -1.29. The summed E-state index contributed by atoms with van der Waals surface area (Å²) < 4.78 is 11.2. The lowest BCUT2D eigenvalue weighted by Crippen LogP contribution is -2.37. The van der Waals surface area contributed by atoms with E-state index in [0.717, 1.165) is 19.6 Å². The monoisotopic (exact) mass is 464 g/mol. The van der Waals surface area contributed by atoms with Crippen molar-refractivity contribution in [1.82, 2.24) is 10.6 Å². The van der Waals surface area contributed by atoms with Gasteiger partial charge in [-0.3, -0.25) is 9.79 Å². The van der Waals surface area contributed by atoms with Crippen molar-refractivity contribution in [3.8, 4) is 0 Å². The molecule has 0 atom stereocenters. The molecule has 0 bridgehead atoms. The lowest BCUT2D eigenvalue weighted by atomic mass is 9.98. The van der Waals surface area contributed by atoms with Gasteiger partial charge >= 0.3 is 0 Å². The fourth-order valence-electron chi connectivity index (χ4n) is 2.76. The van der Waals surface area contributed by atoms with Gasteiger partial charge in [-0.15, -0.1) is 24.0 Å². The Morgan fingerprint density at radius 3 is 2.72 bits per heavy atom. The first-order valence-electron chi connectivity index (χ1n) is 8.63. The number of aliphatic imine (C=N–C) groups is 1. The number of hydrogen-bond acceptors (Lipinski definition) is 4. The van der Waals surface area contributed by atoms with Crippen molar-refractivity contribution in [2.24, 2.45) is 10.7 Å². The van der Waals surface area contributed by atoms with Gasteiger partial charge in [0.15, 0.2) is 11.7 Å². The number of nitrogens with two attached hydrogens (primary N) is 1. The van der Waals surface area contributed by atoms with Gasteiger partial charge in [0.05, 0.1) is 12.6 Å². The minimum absolute atomic E-state index is 0. The maximum atomic E-state index is 11.0. The predicted octanol–water partition coefficient (Wildman–Crippen LogP) is 2.40. The highest BCUT2D eigenvalue weighted by molar-refractivity contribution is 14.0. The molecule has 7 nitrogen and oxygen atoms in total. The van der Waals surface area contributed by atoms with Crippen LogP contribution in [0.3, 0.4) is 0 Å². The molecule has 25 heavy (non-hydrogen) atoms. The predicted molar refractivity (Wildman–Crippen MR) is 108 cm³/mol. The minimum Gasteiger partial charge on any atom is -0.454 e. The molecule has 1 amide bonds. The maximum absolute atomic E-state index is 11.0. The van der Waals surface area contributed by atoms with Crippen LogP contribution in [0.2, 0.25) is 0 Å². The first kappa shape index (κ1) is 21.8. The van der Waals surface area contributed by atoms with Crippen LogP contribution in [0.15, 0.2) is 21.5 Å². The lowest BCUT2D eigenvalue weighted by molar-refractivity contribution is 0.0277. The van der Waals surface area contributed by atoms with Crippen molar-refractivity contribution in [1.29, 1.82) is 0 Å². The second-order valence-electron chi connectivity index (χ2n) is 5.97. The molecule has 0 aliphatic heterocycles. The molecule has 1 heterocycles. The van der Waals surface area contributed by atoms with Crippen LogP contribution in [-0.4, -0.2) is 38.2 Å². The van der Waals surface area contributed by atoms with Crippen LogP contribution in [0.5, 0.6) is 0 Å². The van der Waals surface area contributed by atoms with Crippen LogP contribution in [-0.2, 0) is 11.3 Å². The summed E-state index contributed by atoms with van der Waals surface area (Å²) in [5, 5.41) is 6.36. The summed E-state index contributed by atoms with van der Waals surface area (Å²) >= 11 is 0. The number of nitrogens with one attached hydrogen (secondary N) is 2. The van der Waals surface area contributed by atoms with E-state index >= 15 is 0 Å². The maximum Gasteiger partial charge on any atom is 0.284 e. The summed E-state index contributed by atoms with van der Waals surface area (Å²) in [5.74, 6) is 0.911. The molecule has 1 fully saturated rings. The molecule has 1 aliphatic carbocycles. The fourth-order valence-corrected chi connectivity index (χ4v) is 2.76. The van der Waals surface area contributed by atoms with Crippen LogP contribution >= 0.6 is 24.0 Å². The lowest BCUT2D eigenvalue weighted by Gasteiger charge is -2.22. The van der Waals surface area contributed by atoms with Gasteiger partial charge in [0, 0.05) is 20.2 Å². The molecule has 1 saturated carbocycles. The molecule has 1 aromatic heterocycles. The fraction of sp³-hybridized carbons (Fsp3) is 0.647. The third-order valence-corrected chi connectivity index (χ3v) is 4.08. The number of hydrogen-bond donors (Lipinski definition) is 3. The molecule has 0 spiro atoms. The molecule has 0 unspecified atom stereocenters. The number of rotatable bonds is 8. The van der Waals surface area contributed by atoms with Crippen molar-refractivity contribution in [3.05, 3.63) is 23.7 Å². The SMILES string of the molecule is CN=C(NCCCOC1CCCCC1)NCc1ccc(C(N)=O)o1.I. The number of guanidine groups is 1. The number of ether oxygens (including phenoxy) is 1. The second-order valence-corrected chi connectivity index (χ2v) is 5.97. The summed E-state index contributed by atoms with van der Waals surface area (Å²) in [6, 6.07) is 3.29. The van der Waals surface area contributed by atoms with Crippen molar-refractivity contribution in [2.45, 2.75) is 51.2 Å². The van der Waals surface area contributed by atoms with Crippen LogP contribution in [0.1, 0.15) is 54.8 Å². The number of carbonyl (C=O) groups excluding carboxylic acids is 1. The highest BCUT2D eigenvalue weighted by Crippen LogP contribution is 2.20. The number of nitrogens with zero attached hydrogens (tertiary/aromatic N) is 1. The number of carbonyl (C=O) groups is 1. The number of furan rings is 1. The molecular formula is C17H29IN4O3. The molecular weight excluding hydrogens is 435 g/mol. The minimum atomic E-state index is -0.568. The Kier molecular flexibility index (Phi) is 10.6. The van der Waals surface area contributed by atoms with E-state index in [9.17, 15) is 4.79 Å². The first-order chi connectivity index (χ1) is 11.7. The summed E-state index contributed by atoms with van der Waals surface area (Å²) in [4.78, 5) is 15.1. The van der Waals surface area contributed by atoms with Crippen LogP contribution in [0.25, 0.3) is 0 Å². The van der Waals surface area contributed by atoms with Gasteiger partial charge in [-0.2, -0.15) is 0 Å². The Morgan fingerprint density at radius 2 is 2.08 bits per heavy atom. The number of amides is 1. The van der Waals surface area contributed by atoms with E-state index in [1.54, 1.807) is 19.2 Å². The Balaban J connectivity index is 0.00000312. The van der Waals surface area contributed by atoms with Crippen molar-refractivity contribution < 1.29 is 13.9 Å². The summed E-state index contributed by atoms with van der Waals surface area (Å²) in [5.41, 5.74) is 5.16. The highest BCUT2D eigenvalue weighted by atomic mass is 127. The van der Waals surface area contributed by atoms with Gasteiger partial charge in [0.2, 0.25) is 0 Å².